The average Bonchev–Trinajstić information content (AvgIpc) is 2.87. The van der Waals surface area contributed by atoms with E-state index >= 15 is 0 Å². The van der Waals surface area contributed by atoms with E-state index in [0.717, 1.165) is 24.1 Å². The minimum atomic E-state index is 0.0952. The Labute approximate surface area is 128 Å². The predicted octanol–water partition coefficient (Wildman–Crippen LogP) is 0.281. The first kappa shape index (κ1) is 14.6. The van der Waals surface area contributed by atoms with Gasteiger partial charge in [-0.25, -0.2) is 4.98 Å². The lowest BCUT2D eigenvalue weighted by Crippen LogP contribution is -3.14. The van der Waals surface area contributed by atoms with E-state index in [1.807, 2.05) is 35.9 Å². The van der Waals surface area contributed by atoms with Gasteiger partial charge in [-0.3, -0.25) is 0 Å². The maximum atomic E-state index is 10.4. The zero-order valence-electron chi connectivity index (χ0n) is 12.5. The molecule has 1 aliphatic rings. The molecule has 1 fully saturated rings. The van der Waals surface area contributed by atoms with Crippen LogP contribution in [0.25, 0.3) is 16.6 Å². The van der Waals surface area contributed by atoms with E-state index in [1.54, 1.807) is 0 Å². The second-order valence-corrected chi connectivity index (χ2v) is 5.46. The highest BCUT2D eigenvalue weighted by Crippen LogP contribution is 2.21. The van der Waals surface area contributed by atoms with Crippen molar-refractivity contribution in [3.63, 3.8) is 0 Å². The van der Waals surface area contributed by atoms with E-state index in [9.17, 15) is 10.4 Å². The number of allylic oxidation sites excluding steroid dienone is 1. The van der Waals surface area contributed by atoms with Gasteiger partial charge in [0.25, 0.3) is 0 Å². The van der Waals surface area contributed by atoms with E-state index in [4.69, 9.17) is 4.74 Å². The summed E-state index contributed by atoms with van der Waals surface area (Å²) in [6.45, 7) is 3.49. The first-order valence-corrected chi connectivity index (χ1v) is 7.36. The summed E-state index contributed by atoms with van der Waals surface area (Å²) in [5.74, 6) is 0.603. The van der Waals surface area contributed by atoms with Crippen LogP contribution >= 0.6 is 0 Å². The number of ether oxygens (including phenoxy) is 1. The molecule has 1 aromatic carbocycles. The number of aryl methyl sites for hydroxylation is 1. The molecule has 2 heterocycles. The minimum absolute atomic E-state index is 0.0952. The SMILES string of the molecule is Cn1c(/C(C#N)=C(\O)C[NH+]2CCOCC2)nc2ccccc21. The van der Waals surface area contributed by atoms with Crippen molar-refractivity contribution in [1.29, 1.82) is 5.26 Å². The normalized spacial score (nSPS) is 17.3. The Hall–Kier alpha value is -2.36. The van der Waals surface area contributed by atoms with E-state index < -0.39 is 0 Å². The molecule has 0 radical (unpaired) electrons. The van der Waals surface area contributed by atoms with E-state index in [-0.39, 0.29) is 11.3 Å². The Morgan fingerprint density at radius 3 is 2.82 bits per heavy atom. The molecular formula is C16H19N4O2+. The van der Waals surface area contributed by atoms with Gasteiger partial charge in [0.15, 0.2) is 11.6 Å². The lowest BCUT2D eigenvalue weighted by molar-refractivity contribution is -0.904. The van der Waals surface area contributed by atoms with Gasteiger partial charge in [0.1, 0.15) is 31.3 Å². The molecule has 3 rings (SSSR count). The fourth-order valence-electron chi connectivity index (χ4n) is 2.77. The summed E-state index contributed by atoms with van der Waals surface area (Å²) in [4.78, 5) is 5.70. The van der Waals surface area contributed by atoms with Crippen molar-refractivity contribution < 1.29 is 14.7 Å². The summed E-state index contributed by atoms with van der Waals surface area (Å²) in [5, 5.41) is 19.9. The van der Waals surface area contributed by atoms with Crippen molar-refractivity contribution >= 4 is 16.6 Å². The minimum Gasteiger partial charge on any atom is -0.506 e. The number of nitrogens with zero attached hydrogens (tertiary/aromatic N) is 3. The van der Waals surface area contributed by atoms with E-state index in [0.29, 0.717) is 25.6 Å². The molecule has 6 heteroatoms. The van der Waals surface area contributed by atoms with Crippen molar-refractivity contribution in [3.05, 3.63) is 35.8 Å². The summed E-state index contributed by atoms with van der Waals surface area (Å²) in [7, 11) is 1.86. The fraction of sp³-hybridized carbons (Fsp3) is 0.375. The zero-order chi connectivity index (χ0) is 15.5. The summed E-state index contributed by atoms with van der Waals surface area (Å²) >= 11 is 0. The van der Waals surface area contributed by atoms with Crippen molar-refractivity contribution in [2.75, 3.05) is 32.8 Å². The molecule has 0 aliphatic carbocycles. The number of hydrogen-bond acceptors (Lipinski definition) is 4. The zero-order valence-corrected chi connectivity index (χ0v) is 12.5. The van der Waals surface area contributed by atoms with Crippen LogP contribution in [0.15, 0.2) is 30.0 Å². The van der Waals surface area contributed by atoms with Crippen LogP contribution < -0.4 is 4.90 Å². The Morgan fingerprint density at radius 1 is 1.41 bits per heavy atom. The third-order valence-electron chi connectivity index (χ3n) is 4.03. The predicted molar refractivity (Wildman–Crippen MR) is 82.3 cm³/mol. The molecule has 0 amide bonds. The third-order valence-corrected chi connectivity index (χ3v) is 4.03. The van der Waals surface area contributed by atoms with Gasteiger partial charge in [0.05, 0.1) is 24.2 Å². The molecule has 2 aromatic rings. The first-order valence-electron chi connectivity index (χ1n) is 7.36. The second-order valence-electron chi connectivity index (χ2n) is 5.46. The van der Waals surface area contributed by atoms with Crippen LogP contribution in [0, 0.1) is 11.3 Å². The van der Waals surface area contributed by atoms with Crippen LogP contribution in [0.3, 0.4) is 0 Å². The lowest BCUT2D eigenvalue weighted by Gasteiger charge is -2.23. The van der Waals surface area contributed by atoms with Gasteiger partial charge in [0, 0.05) is 7.05 Å². The highest BCUT2D eigenvalue weighted by atomic mass is 16.5. The van der Waals surface area contributed by atoms with Gasteiger partial charge in [-0.05, 0) is 12.1 Å². The fourth-order valence-corrected chi connectivity index (χ4v) is 2.77. The van der Waals surface area contributed by atoms with Gasteiger partial charge in [0.2, 0.25) is 0 Å². The Kier molecular flexibility index (Phi) is 4.09. The molecule has 1 aromatic heterocycles. The molecule has 0 atom stereocenters. The number of benzene rings is 1. The third kappa shape index (κ3) is 2.69. The number of nitrogens with one attached hydrogen (secondary N) is 1. The Morgan fingerprint density at radius 2 is 2.14 bits per heavy atom. The molecule has 6 nitrogen and oxygen atoms in total. The quantitative estimate of drug-likeness (QED) is 0.630. The van der Waals surface area contributed by atoms with Crippen LogP contribution in [0.1, 0.15) is 5.82 Å². The number of hydrogen-bond donors (Lipinski definition) is 2. The second kappa shape index (κ2) is 6.18. The molecule has 1 saturated heterocycles. The maximum Gasteiger partial charge on any atom is 0.169 e. The smallest absolute Gasteiger partial charge is 0.169 e. The molecule has 0 unspecified atom stereocenters. The number of quaternary nitrogens is 1. The largest absolute Gasteiger partial charge is 0.506 e. The number of aliphatic hydroxyl groups excluding tert-OH is 1. The van der Waals surface area contributed by atoms with Crippen LogP contribution in [0.5, 0.6) is 0 Å². The molecule has 0 bridgehead atoms. The van der Waals surface area contributed by atoms with E-state index in [2.05, 4.69) is 11.1 Å². The highest BCUT2D eigenvalue weighted by molar-refractivity contribution is 5.83. The molecule has 0 spiro atoms. The van der Waals surface area contributed by atoms with Crippen LogP contribution in [-0.4, -0.2) is 47.5 Å². The number of aliphatic hydroxyl groups is 1. The molecule has 22 heavy (non-hydrogen) atoms. The molecule has 0 saturated carbocycles. The Balaban J connectivity index is 1.96. The van der Waals surface area contributed by atoms with Crippen molar-refractivity contribution in [2.45, 2.75) is 0 Å². The average molecular weight is 299 g/mol. The van der Waals surface area contributed by atoms with Gasteiger partial charge >= 0.3 is 0 Å². The number of nitriles is 1. The van der Waals surface area contributed by atoms with Crippen LogP contribution in [0.2, 0.25) is 0 Å². The molecule has 1 aliphatic heterocycles. The van der Waals surface area contributed by atoms with Crippen molar-refractivity contribution in [2.24, 2.45) is 7.05 Å². The molecule has 114 valence electrons. The number of morpholine rings is 1. The standard InChI is InChI=1S/C16H18N4O2/c1-19-14-5-3-2-4-13(14)18-16(19)12(10-17)15(21)11-20-6-8-22-9-7-20/h2-5,21H,6-9,11H2,1H3/p+1/b15-12-. The lowest BCUT2D eigenvalue weighted by atomic mass is 10.2. The number of imidazole rings is 1. The molecule has 2 N–H and O–H groups in total. The summed E-state index contributed by atoms with van der Waals surface area (Å²) in [6.07, 6.45) is 0. The van der Waals surface area contributed by atoms with Gasteiger partial charge in [-0.1, -0.05) is 12.1 Å². The van der Waals surface area contributed by atoms with Crippen LogP contribution in [0.4, 0.5) is 0 Å². The number of aromatic nitrogens is 2. The number of rotatable bonds is 3. The van der Waals surface area contributed by atoms with E-state index in [1.165, 1.54) is 4.90 Å². The first-order chi connectivity index (χ1) is 10.7. The summed E-state index contributed by atoms with van der Waals surface area (Å²) in [6, 6.07) is 9.80. The monoisotopic (exact) mass is 299 g/mol. The van der Waals surface area contributed by atoms with Gasteiger partial charge in [-0.2, -0.15) is 5.26 Å². The van der Waals surface area contributed by atoms with Crippen molar-refractivity contribution in [3.8, 4) is 6.07 Å². The number of fused-ring (bicyclic) bond motifs is 1. The summed E-state index contributed by atoms with van der Waals surface area (Å²) < 4.78 is 7.16. The summed E-state index contributed by atoms with van der Waals surface area (Å²) in [5.41, 5.74) is 2.01. The van der Waals surface area contributed by atoms with Gasteiger partial charge in [-0.15, -0.1) is 0 Å². The number of para-hydroxylation sites is 2. The molecular weight excluding hydrogens is 280 g/mol. The van der Waals surface area contributed by atoms with Crippen LogP contribution in [-0.2, 0) is 11.8 Å². The maximum absolute atomic E-state index is 10.4. The highest BCUT2D eigenvalue weighted by Gasteiger charge is 2.21. The van der Waals surface area contributed by atoms with Gasteiger partial charge < -0.3 is 19.3 Å². The Bertz CT molecular complexity index is 751. The van der Waals surface area contributed by atoms with Crippen molar-refractivity contribution in [1.82, 2.24) is 9.55 Å². The topological polar surface area (TPSA) is 75.5 Å².